The molecule has 0 bridgehead atoms. The Hall–Kier alpha value is -2.62. The van der Waals surface area contributed by atoms with Crippen molar-refractivity contribution in [2.75, 3.05) is 4.90 Å². The van der Waals surface area contributed by atoms with Gasteiger partial charge in [-0.3, -0.25) is 0 Å². The molecular weight excluding hydrogens is 368 g/mol. The van der Waals surface area contributed by atoms with Crippen LogP contribution in [-0.4, -0.2) is 21.0 Å². The topological polar surface area (TPSA) is 34.0 Å². The van der Waals surface area contributed by atoms with Crippen molar-refractivity contribution in [3.8, 4) is 22.5 Å². The summed E-state index contributed by atoms with van der Waals surface area (Å²) in [6.45, 7) is 9.96. The lowest BCUT2D eigenvalue weighted by Gasteiger charge is -2.36. The Kier molecular flexibility index (Phi) is 6.21. The number of anilines is 1. The molecule has 2 aromatic carbocycles. The van der Waals surface area contributed by atoms with E-state index in [-0.39, 0.29) is 0 Å². The van der Waals surface area contributed by atoms with Gasteiger partial charge >= 0.3 is 0 Å². The molecule has 0 N–H and O–H groups in total. The van der Waals surface area contributed by atoms with Crippen LogP contribution in [0.15, 0.2) is 48.5 Å². The molecule has 4 nitrogen and oxygen atoms in total. The van der Waals surface area contributed by atoms with Gasteiger partial charge in [-0.25, -0.2) is 4.68 Å². The number of para-hydroxylation sites is 1. The number of aromatic nitrogens is 3. The average molecular weight is 403 g/mol. The molecule has 0 fully saturated rings. The Labute approximate surface area is 180 Å². The van der Waals surface area contributed by atoms with Crippen molar-refractivity contribution in [3.05, 3.63) is 54.1 Å². The van der Waals surface area contributed by atoms with Crippen LogP contribution < -0.4 is 4.90 Å². The zero-order valence-corrected chi connectivity index (χ0v) is 18.8. The molecule has 0 saturated heterocycles. The third-order valence-electron chi connectivity index (χ3n) is 6.59. The summed E-state index contributed by atoms with van der Waals surface area (Å²) < 4.78 is 2.13. The van der Waals surface area contributed by atoms with E-state index >= 15 is 0 Å². The monoisotopic (exact) mass is 402 g/mol. The molecule has 158 valence electrons. The molecule has 1 aliphatic rings. The van der Waals surface area contributed by atoms with Crippen molar-refractivity contribution in [2.45, 2.75) is 78.4 Å². The van der Waals surface area contributed by atoms with Gasteiger partial charge in [0.2, 0.25) is 0 Å². The normalized spacial score (nSPS) is 14.9. The lowest BCUT2D eigenvalue weighted by atomic mass is 9.93. The molecule has 2 heterocycles. The fourth-order valence-electron chi connectivity index (χ4n) is 4.64. The first-order valence-corrected chi connectivity index (χ1v) is 11.6. The lowest BCUT2D eigenvalue weighted by molar-refractivity contribution is 0.468. The summed E-state index contributed by atoms with van der Waals surface area (Å²) in [5.41, 5.74) is 7.28. The SMILES string of the molecule is CCCCC(CC)N1Cc2ccccc2-c2c(nnn2C(C)CC)-c2ccccc21. The summed E-state index contributed by atoms with van der Waals surface area (Å²) in [6, 6.07) is 18.4. The van der Waals surface area contributed by atoms with E-state index in [1.54, 1.807) is 0 Å². The van der Waals surface area contributed by atoms with Gasteiger partial charge in [-0.2, -0.15) is 0 Å². The second-order valence-corrected chi connectivity index (χ2v) is 8.49. The highest BCUT2D eigenvalue weighted by Gasteiger charge is 2.29. The molecule has 0 spiro atoms. The van der Waals surface area contributed by atoms with Gasteiger partial charge in [0.25, 0.3) is 0 Å². The standard InChI is InChI=1S/C26H34N4/c1-5-8-14-21(7-3)29-18-20-13-9-10-15-22(20)26-25(23-16-11-12-17-24(23)29)27-28-30(26)19(4)6-2/h9-13,15-17,19,21H,5-8,14,18H2,1-4H3. The molecule has 0 saturated carbocycles. The summed E-state index contributed by atoms with van der Waals surface area (Å²) >= 11 is 0. The van der Waals surface area contributed by atoms with Crippen molar-refractivity contribution in [1.29, 1.82) is 0 Å². The first-order chi connectivity index (χ1) is 14.7. The average Bonchev–Trinajstić information content (AvgIpc) is 3.22. The van der Waals surface area contributed by atoms with E-state index < -0.39 is 0 Å². The van der Waals surface area contributed by atoms with Gasteiger partial charge in [0.1, 0.15) is 5.69 Å². The molecule has 3 aromatic rings. The highest BCUT2D eigenvalue weighted by atomic mass is 15.4. The van der Waals surface area contributed by atoms with E-state index in [1.165, 1.54) is 41.6 Å². The van der Waals surface area contributed by atoms with Crippen molar-refractivity contribution < 1.29 is 0 Å². The minimum absolute atomic E-state index is 0.310. The summed E-state index contributed by atoms with van der Waals surface area (Å²) in [4.78, 5) is 2.62. The first kappa shape index (κ1) is 20.6. The molecule has 2 unspecified atom stereocenters. The molecule has 1 aliphatic heterocycles. The summed E-state index contributed by atoms with van der Waals surface area (Å²) in [5, 5.41) is 9.37. The Morgan fingerprint density at radius 1 is 0.933 bits per heavy atom. The summed E-state index contributed by atoms with van der Waals surface area (Å²) in [6.07, 6.45) is 5.88. The minimum Gasteiger partial charge on any atom is -0.364 e. The van der Waals surface area contributed by atoms with Crippen LogP contribution in [0.3, 0.4) is 0 Å². The number of fused-ring (bicyclic) bond motifs is 5. The van der Waals surface area contributed by atoms with Crippen LogP contribution in [0.5, 0.6) is 0 Å². The van der Waals surface area contributed by atoms with Crippen LogP contribution in [0.25, 0.3) is 22.5 Å². The quantitative estimate of drug-likeness (QED) is 0.432. The first-order valence-electron chi connectivity index (χ1n) is 11.6. The molecule has 30 heavy (non-hydrogen) atoms. The summed E-state index contributed by atoms with van der Waals surface area (Å²) in [7, 11) is 0. The number of benzene rings is 2. The molecule has 4 rings (SSSR count). The van der Waals surface area contributed by atoms with Gasteiger partial charge in [-0.1, -0.05) is 81.3 Å². The van der Waals surface area contributed by atoms with Crippen molar-refractivity contribution >= 4 is 5.69 Å². The summed E-state index contributed by atoms with van der Waals surface area (Å²) in [5.74, 6) is 0. The number of nitrogens with zero attached hydrogens (tertiary/aromatic N) is 4. The molecule has 1 aromatic heterocycles. The lowest BCUT2D eigenvalue weighted by Crippen LogP contribution is -2.35. The van der Waals surface area contributed by atoms with Crippen LogP contribution in [0.1, 0.15) is 71.4 Å². The van der Waals surface area contributed by atoms with E-state index in [4.69, 9.17) is 5.10 Å². The Bertz CT molecular complexity index is 990. The second-order valence-electron chi connectivity index (χ2n) is 8.49. The van der Waals surface area contributed by atoms with Gasteiger partial charge in [0.05, 0.1) is 11.7 Å². The highest BCUT2D eigenvalue weighted by molar-refractivity contribution is 5.88. The maximum absolute atomic E-state index is 4.74. The van der Waals surface area contributed by atoms with E-state index in [1.807, 2.05) is 0 Å². The molecule has 2 atom stereocenters. The van der Waals surface area contributed by atoms with E-state index in [9.17, 15) is 0 Å². The number of unbranched alkanes of at least 4 members (excludes halogenated alkanes) is 1. The fourth-order valence-corrected chi connectivity index (χ4v) is 4.64. The maximum atomic E-state index is 4.74. The van der Waals surface area contributed by atoms with Crippen LogP contribution in [0.4, 0.5) is 5.69 Å². The molecule has 0 radical (unpaired) electrons. The third-order valence-corrected chi connectivity index (χ3v) is 6.59. The smallest absolute Gasteiger partial charge is 0.123 e. The Balaban J connectivity index is 1.96. The van der Waals surface area contributed by atoms with Crippen molar-refractivity contribution in [1.82, 2.24) is 15.0 Å². The second kappa shape index (κ2) is 9.03. The van der Waals surface area contributed by atoms with E-state index in [0.29, 0.717) is 12.1 Å². The van der Waals surface area contributed by atoms with Crippen LogP contribution in [0.2, 0.25) is 0 Å². The Morgan fingerprint density at radius 3 is 2.40 bits per heavy atom. The van der Waals surface area contributed by atoms with E-state index in [0.717, 1.165) is 30.8 Å². The minimum atomic E-state index is 0.310. The predicted octanol–water partition coefficient (Wildman–Crippen LogP) is 6.87. The zero-order valence-electron chi connectivity index (χ0n) is 18.8. The number of hydrogen-bond acceptors (Lipinski definition) is 3. The van der Waals surface area contributed by atoms with Gasteiger partial charge in [0, 0.05) is 29.4 Å². The fraction of sp³-hybridized carbons (Fsp3) is 0.462. The van der Waals surface area contributed by atoms with Crippen LogP contribution >= 0.6 is 0 Å². The number of rotatable bonds is 7. The molecular formula is C26H34N4. The van der Waals surface area contributed by atoms with Gasteiger partial charge in [0.15, 0.2) is 0 Å². The Morgan fingerprint density at radius 2 is 1.67 bits per heavy atom. The van der Waals surface area contributed by atoms with Crippen molar-refractivity contribution in [3.63, 3.8) is 0 Å². The molecule has 0 aliphatic carbocycles. The zero-order chi connectivity index (χ0) is 21.1. The predicted molar refractivity (Wildman–Crippen MR) is 126 cm³/mol. The molecule has 0 amide bonds. The largest absolute Gasteiger partial charge is 0.364 e. The highest BCUT2D eigenvalue weighted by Crippen LogP contribution is 2.43. The van der Waals surface area contributed by atoms with Crippen LogP contribution in [0, 0.1) is 0 Å². The van der Waals surface area contributed by atoms with Crippen LogP contribution in [-0.2, 0) is 6.54 Å². The van der Waals surface area contributed by atoms with Gasteiger partial charge in [-0.15, -0.1) is 5.10 Å². The third kappa shape index (κ3) is 3.64. The maximum Gasteiger partial charge on any atom is 0.123 e. The van der Waals surface area contributed by atoms with Gasteiger partial charge in [-0.05, 0) is 37.8 Å². The van der Waals surface area contributed by atoms with Gasteiger partial charge < -0.3 is 4.90 Å². The van der Waals surface area contributed by atoms with Crippen molar-refractivity contribution in [2.24, 2.45) is 0 Å². The number of hydrogen-bond donors (Lipinski definition) is 0. The molecule has 4 heteroatoms. The van der Waals surface area contributed by atoms with E-state index in [2.05, 4.69) is 91.0 Å².